The van der Waals surface area contributed by atoms with Gasteiger partial charge in [0, 0.05) is 37.7 Å². The molecule has 0 bridgehead atoms. The lowest BCUT2D eigenvalue weighted by Crippen LogP contribution is -2.34. The molecule has 39 heavy (non-hydrogen) atoms. The predicted octanol–water partition coefficient (Wildman–Crippen LogP) is 5.43. The SMILES string of the molecule is Cc1cc(CN(CC2CCCC2)C(CC(=O)O)c2ccc3c(c2)CCO3)ccc1OCCn1c(O)ccc1O. The molecule has 1 fully saturated rings. The summed E-state index contributed by atoms with van der Waals surface area (Å²) in [5.74, 6) is 1.42. The van der Waals surface area contributed by atoms with Crippen molar-refractivity contribution in [2.75, 3.05) is 19.8 Å². The second-order valence-corrected chi connectivity index (χ2v) is 10.8. The molecule has 0 amide bonds. The molecule has 1 aromatic heterocycles. The molecule has 2 heterocycles. The van der Waals surface area contributed by atoms with Crippen LogP contribution in [0, 0.1) is 12.8 Å². The number of carboxylic acids is 1. The van der Waals surface area contributed by atoms with Crippen LogP contribution in [0.2, 0.25) is 0 Å². The Balaban J connectivity index is 1.33. The van der Waals surface area contributed by atoms with E-state index in [9.17, 15) is 20.1 Å². The lowest BCUT2D eigenvalue weighted by atomic mass is 9.96. The van der Waals surface area contributed by atoms with Crippen LogP contribution in [-0.4, -0.2) is 50.5 Å². The molecule has 3 N–H and O–H groups in total. The molecular weight excluding hydrogens is 496 g/mol. The molecule has 2 aromatic carbocycles. The van der Waals surface area contributed by atoms with E-state index >= 15 is 0 Å². The molecule has 1 aliphatic heterocycles. The van der Waals surface area contributed by atoms with Crippen LogP contribution in [0.4, 0.5) is 0 Å². The van der Waals surface area contributed by atoms with E-state index in [1.165, 1.54) is 42.4 Å². The highest BCUT2D eigenvalue weighted by molar-refractivity contribution is 5.68. The van der Waals surface area contributed by atoms with E-state index < -0.39 is 5.97 Å². The van der Waals surface area contributed by atoms with Crippen molar-refractivity contribution in [1.82, 2.24) is 9.47 Å². The van der Waals surface area contributed by atoms with E-state index in [4.69, 9.17) is 9.47 Å². The summed E-state index contributed by atoms with van der Waals surface area (Å²) in [5, 5.41) is 29.5. The Morgan fingerprint density at radius 2 is 1.87 bits per heavy atom. The third-order valence-corrected chi connectivity index (χ3v) is 8.01. The third-order valence-electron chi connectivity index (χ3n) is 8.01. The highest BCUT2D eigenvalue weighted by atomic mass is 16.5. The zero-order chi connectivity index (χ0) is 27.4. The Morgan fingerprint density at radius 3 is 2.59 bits per heavy atom. The summed E-state index contributed by atoms with van der Waals surface area (Å²) in [4.78, 5) is 14.4. The lowest BCUT2D eigenvalue weighted by molar-refractivity contribution is -0.138. The number of benzene rings is 2. The first-order valence-electron chi connectivity index (χ1n) is 13.9. The number of aliphatic carboxylic acids is 1. The number of fused-ring (bicyclic) bond motifs is 1. The van der Waals surface area contributed by atoms with Gasteiger partial charge in [0.2, 0.25) is 0 Å². The van der Waals surface area contributed by atoms with Gasteiger partial charge in [-0.3, -0.25) is 14.3 Å². The fourth-order valence-electron chi connectivity index (χ4n) is 5.99. The average Bonchev–Trinajstić information content (AvgIpc) is 3.66. The number of aryl methyl sites for hydroxylation is 1. The summed E-state index contributed by atoms with van der Waals surface area (Å²) >= 11 is 0. The fourth-order valence-corrected chi connectivity index (χ4v) is 5.99. The van der Waals surface area contributed by atoms with Gasteiger partial charge in [-0.2, -0.15) is 0 Å². The molecular formula is C31H38N2O6. The van der Waals surface area contributed by atoms with Gasteiger partial charge < -0.3 is 24.8 Å². The standard InChI is InChI=1S/C31H38N2O6/c1-21-16-23(6-8-27(21)39-15-13-33-29(34)10-11-30(33)35)20-32(19-22-4-2-3-5-22)26(18-31(36)37)24-7-9-28-25(17-24)12-14-38-28/h6-11,16-17,22,26,34-35H,2-5,12-15,18-20H2,1H3,(H,36,37). The number of ether oxygens (including phenoxy) is 2. The van der Waals surface area contributed by atoms with Crippen LogP contribution in [0.15, 0.2) is 48.5 Å². The normalized spacial score (nSPS) is 15.8. The van der Waals surface area contributed by atoms with Gasteiger partial charge in [0.15, 0.2) is 11.8 Å². The largest absolute Gasteiger partial charge is 0.494 e. The first-order valence-corrected chi connectivity index (χ1v) is 13.9. The number of aromatic hydroxyl groups is 2. The molecule has 5 rings (SSSR count). The van der Waals surface area contributed by atoms with Gasteiger partial charge >= 0.3 is 5.97 Å². The van der Waals surface area contributed by atoms with E-state index in [1.807, 2.05) is 31.2 Å². The van der Waals surface area contributed by atoms with Crippen molar-refractivity contribution in [3.05, 3.63) is 70.8 Å². The minimum Gasteiger partial charge on any atom is -0.494 e. The Morgan fingerprint density at radius 1 is 1.10 bits per heavy atom. The summed E-state index contributed by atoms with van der Waals surface area (Å²) < 4.78 is 13.0. The van der Waals surface area contributed by atoms with E-state index in [2.05, 4.69) is 17.0 Å². The van der Waals surface area contributed by atoms with Crippen LogP contribution in [0.3, 0.4) is 0 Å². The van der Waals surface area contributed by atoms with E-state index in [0.29, 0.717) is 32.2 Å². The molecule has 3 aromatic rings. The molecule has 1 unspecified atom stereocenters. The maximum absolute atomic E-state index is 12.0. The number of aromatic nitrogens is 1. The van der Waals surface area contributed by atoms with Crippen LogP contribution in [-0.2, 0) is 24.3 Å². The second-order valence-electron chi connectivity index (χ2n) is 10.8. The van der Waals surface area contributed by atoms with Crippen LogP contribution in [0.1, 0.15) is 60.4 Å². The van der Waals surface area contributed by atoms with Gasteiger partial charge in [-0.05, 0) is 60.1 Å². The number of carbonyl (C=O) groups is 1. The van der Waals surface area contributed by atoms with Gasteiger partial charge in [-0.25, -0.2) is 0 Å². The molecule has 0 saturated heterocycles. The summed E-state index contributed by atoms with van der Waals surface area (Å²) in [5.41, 5.74) is 4.28. The first-order chi connectivity index (χ1) is 18.9. The molecule has 0 radical (unpaired) electrons. The molecule has 1 atom stereocenters. The molecule has 8 nitrogen and oxygen atoms in total. The molecule has 8 heteroatoms. The lowest BCUT2D eigenvalue weighted by Gasteiger charge is -2.34. The number of rotatable bonds is 12. The Labute approximate surface area is 229 Å². The second kappa shape index (κ2) is 12.0. The molecule has 0 spiro atoms. The topological polar surface area (TPSA) is 104 Å². The van der Waals surface area contributed by atoms with Gasteiger partial charge in [0.05, 0.1) is 19.6 Å². The van der Waals surface area contributed by atoms with Crippen LogP contribution >= 0.6 is 0 Å². The monoisotopic (exact) mass is 534 g/mol. The average molecular weight is 535 g/mol. The predicted molar refractivity (Wildman–Crippen MR) is 147 cm³/mol. The maximum Gasteiger partial charge on any atom is 0.305 e. The van der Waals surface area contributed by atoms with Gasteiger partial charge in [0.25, 0.3) is 0 Å². The zero-order valence-electron chi connectivity index (χ0n) is 22.5. The molecule has 1 saturated carbocycles. The number of hydrogen-bond acceptors (Lipinski definition) is 6. The Kier molecular flexibility index (Phi) is 8.31. The van der Waals surface area contributed by atoms with E-state index in [1.54, 1.807) is 0 Å². The van der Waals surface area contributed by atoms with Crippen LogP contribution in [0.25, 0.3) is 0 Å². The highest BCUT2D eigenvalue weighted by Crippen LogP contribution is 2.35. The van der Waals surface area contributed by atoms with Crippen molar-refractivity contribution >= 4 is 5.97 Å². The van der Waals surface area contributed by atoms with Crippen molar-refractivity contribution < 1.29 is 29.6 Å². The molecule has 208 valence electrons. The summed E-state index contributed by atoms with van der Waals surface area (Å²) in [6, 6.07) is 14.9. The van der Waals surface area contributed by atoms with Gasteiger partial charge in [-0.1, -0.05) is 37.1 Å². The van der Waals surface area contributed by atoms with Gasteiger partial charge in [0.1, 0.15) is 18.1 Å². The minimum atomic E-state index is -0.798. The Bertz CT molecular complexity index is 1280. The summed E-state index contributed by atoms with van der Waals surface area (Å²) in [7, 11) is 0. The Hall–Kier alpha value is -3.65. The maximum atomic E-state index is 12.0. The molecule has 2 aliphatic rings. The zero-order valence-corrected chi connectivity index (χ0v) is 22.5. The highest BCUT2D eigenvalue weighted by Gasteiger charge is 2.28. The molecule has 1 aliphatic carbocycles. The van der Waals surface area contributed by atoms with Crippen molar-refractivity contribution in [3.63, 3.8) is 0 Å². The van der Waals surface area contributed by atoms with E-state index in [0.717, 1.165) is 46.7 Å². The smallest absolute Gasteiger partial charge is 0.305 e. The fraction of sp³-hybridized carbons (Fsp3) is 0.452. The number of carboxylic acid groups (broad SMARTS) is 1. The minimum absolute atomic E-state index is 0.00247. The van der Waals surface area contributed by atoms with Gasteiger partial charge in [-0.15, -0.1) is 0 Å². The van der Waals surface area contributed by atoms with Crippen LogP contribution in [0.5, 0.6) is 23.3 Å². The van der Waals surface area contributed by atoms with Crippen molar-refractivity contribution in [2.24, 2.45) is 5.92 Å². The summed E-state index contributed by atoms with van der Waals surface area (Å²) in [6.45, 7) is 4.81. The quantitative estimate of drug-likeness (QED) is 0.285. The first kappa shape index (κ1) is 26.9. The van der Waals surface area contributed by atoms with E-state index in [-0.39, 0.29) is 24.2 Å². The van der Waals surface area contributed by atoms with Crippen molar-refractivity contribution in [2.45, 2.75) is 64.6 Å². The number of hydrogen-bond donors (Lipinski definition) is 3. The van der Waals surface area contributed by atoms with Crippen molar-refractivity contribution in [1.29, 1.82) is 0 Å². The van der Waals surface area contributed by atoms with Crippen LogP contribution < -0.4 is 9.47 Å². The summed E-state index contributed by atoms with van der Waals surface area (Å²) in [6.07, 6.45) is 5.75. The van der Waals surface area contributed by atoms with Crippen molar-refractivity contribution in [3.8, 4) is 23.3 Å². The third kappa shape index (κ3) is 6.50. The number of nitrogens with zero attached hydrogens (tertiary/aromatic N) is 2.